The van der Waals surface area contributed by atoms with Gasteiger partial charge in [0.15, 0.2) is 0 Å². The number of aromatic nitrogens is 1. The van der Waals surface area contributed by atoms with Crippen LogP contribution >= 0.6 is 0 Å². The van der Waals surface area contributed by atoms with E-state index in [-0.39, 0.29) is 0 Å². The number of piperidine rings is 1. The van der Waals surface area contributed by atoms with Crippen molar-refractivity contribution >= 4 is 10.9 Å². The Bertz CT molecular complexity index is 624. The molecule has 118 valence electrons. The second kappa shape index (κ2) is 7.07. The summed E-state index contributed by atoms with van der Waals surface area (Å²) in [6.07, 6.45) is 5.98. The highest BCUT2D eigenvalue weighted by molar-refractivity contribution is 5.83. The lowest BCUT2D eigenvalue weighted by Crippen LogP contribution is -2.31. The van der Waals surface area contributed by atoms with E-state index in [1.54, 1.807) is 13.3 Å². The molecule has 2 aromatic rings. The number of hydrogen-bond donors (Lipinski definition) is 1. The number of benzene rings is 1. The quantitative estimate of drug-likeness (QED) is 0.921. The lowest BCUT2D eigenvalue weighted by atomic mass is 10.0. The number of methoxy groups -OCH3 is 1. The number of aliphatic hydroxyl groups is 1. The van der Waals surface area contributed by atoms with Crippen LogP contribution in [0.2, 0.25) is 0 Å². The molecule has 1 aliphatic rings. The summed E-state index contributed by atoms with van der Waals surface area (Å²) in [6.45, 7) is 3.28. The molecule has 3 rings (SSSR count). The molecule has 0 spiro atoms. The molecule has 1 saturated heterocycles. The van der Waals surface area contributed by atoms with Crippen LogP contribution in [0, 0.1) is 0 Å². The van der Waals surface area contributed by atoms with Crippen molar-refractivity contribution in [2.45, 2.75) is 31.8 Å². The predicted molar refractivity (Wildman–Crippen MR) is 88.2 cm³/mol. The third-order valence-corrected chi connectivity index (χ3v) is 4.51. The number of nitrogens with zero attached hydrogens (tertiary/aromatic N) is 2. The summed E-state index contributed by atoms with van der Waals surface area (Å²) in [7, 11) is 1.66. The van der Waals surface area contributed by atoms with Gasteiger partial charge in [0, 0.05) is 18.1 Å². The van der Waals surface area contributed by atoms with Gasteiger partial charge in [-0.1, -0.05) is 6.42 Å². The van der Waals surface area contributed by atoms with E-state index in [9.17, 15) is 5.11 Å². The van der Waals surface area contributed by atoms with Crippen LogP contribution in [-0.4, -0.2) is 41.7 Å². The van der Waals surface area contributed by atoms with Gasteiger partial charge in [0.25, 0.3) is 0 Å². The van der Waals surface area contributed by atoms with Gasteiger partial charge in [0.05, 0.1) is 18.7 Å². The van der Waals surface area contributed by atoms with Crippen molar-refractivity contribution < 1.29 is 9.84 Å². The Morgan fingerprint density at radius 2 is 2.05 bits per heavy atom. The first-order valence-corrected chi connectivity index (χ1v) is 8.11. The van der Waals surface area contributed by atoms with E-state index in [4.69, 9.17) is 4.74 Å². The molecule has 1 aromatic carbocycles. The Morgan fingerprint density at radius 1 is 1.23 bits per heavy atom. The molecule has 1 fully saturated rings. The molecular formula is C18H24N2O2. The highest BCUT2D eigenvalue weighted by Gasteiger charge is 2.16. The lowest BCUT2D eigenvalue weighted by molar-refractivity contribution is 0.135. The molecule has 0 amide bonds. The monoisotopic (exact) mass is 300 g/mol. The zero-order valence-electron chi connectivity index (χ0n) is 13.2. The minimum atomic E-state index is -0.459. The maximum atomic E-state index is 10.6. The van der Waals surface area contributed by atoms with E-state index in [1.165, 1.54) is 19.3 Å². The van der Waals surface area contributed by atoms with Crippen molar-refractivity contribution in [1.82, 2.24) is 9.88 Å². The molecule has 1 atom stereocenters. The fourth-order valence-electron chi connectivity index (χ4n) is 3.21. The summed E-state index contributed by atoms with van der Waals surface area (Å²) in [5, 5.41) is 11.6. The molecular weight excluding hydrogens is 276 g/mol. The molecule has 2 heterocycles. The molecule has 0 aliphatic carbocycles. The summed E-state index contributed by atoms with van der Waals surface area (Å²) < 4.78 is 5.29. The van der Waals surface area contributed by atoms with Crippen LogP contribution < -0.4 is 4.74 Å². The van der Waals surface area contributed by atoms with Crippen LogP contribution in [0.3, 0.4) is 0 Å². The smallest absolute Gasteiger partial charge is 0.119 e. The van der Waals surface area contributed by atoms with Gasteiger partial charge < -0.3 is 14.7 Å². The first-order chi connectivity index (χ1) is 10.8. The SMILES string of the molecule is COc1ccc2nccc(C(O)CCN3CCCCC3)c2c1. The molecule has 4 nitrogen and oxygen atoms in total. The highest BCUT2D eigenvalue weighted by Crippen LogP contribution is 2.28. The summed E-state index contributed by atoms with van der Waals surface area (Å²) >= 11 is 0. The Kier molecular flexibility index (Phi) is 4.90. The number of fused-ring (bicyclic) bond motifs is 1. The van der Waals surface area contributed by atoms with Gasteiger partial charge in [-0.15, -0.1) is 0 Å². The van der Waals surface area contributed by atoms with Crippen LogP contribution in [-0.2, 0) is 0 Å². The van der Waals surface area contributed by atoms with Crippen LogP contribution in [0.25, 0.3) is 10.9 Å². The van der Waals surface area contributed by atoms with Gasteiger partial charge in [-0.25, -0.2) is 0 Å². The maximum absolute atomic E-state index is 10.6. The Morgan fingerprint density at radius 3 is 2.82 bits per heavy atom. The first kappa shape index (κ1) is 15.3. The summed E-state index contributed by atoms with van der Waals surface area (Å²) in [4.78, 5) is 6.83. The standard InChI is InChI=1S/C18H24N2O2/c1-22-14-5-6-17-16(13-14)15(7-9-19-17)18(21)8-12-20-10-3-2-4-11-20/h5-7,9,13,18,21H,2-4,8,10-12H2,1H3. The number of likely N-dealkylation sites (tertiary alicyclic amines) is 1. The first-order valence-electron chi connectivity index (χ1n) is 8.11. The topological polar surface area (TPSA) is 45.6 Å². The second-order valence-corrected chi connectivity index (χ2v) is 5.99. The minimum Gasteiger partial charge on any atom is -0.497 e. The highest BCUT2D eigenvalue weighted by atomic mass is 16.5. The minimum absolute atomic E-state index is 0.459. The van der Waals surface area contributed by atoms with Crippen LogP contribution in [0.5, 0.6) is 5.75 Å². The third-order valence-electron chi connectivity index (χ3n) is 4.51. The predicted octanol–water partition coefficient (Wildman–Crippen LogP) is 3.15. The molecule has 1 aromatic heterocycles. The molecule has 4 heteroatoms. The zero-order valence-corrected chi connectivity index (χ0v) is 13.2. The molecule has 0 radical (unpaired) electrons. The van der Waals surface area contributed by atoms with E-state index in [1.807, 2.05) is 24.3 Å². The van der Waals surface area contributed by atoms with Crippen LogP contribution in [0.1, 0.15) is 37.4 Å². The molecule has 0 bridgehead atoms. The van der Waals surface area contributed by atoms with E-state index in [0.29, 0.717) is 0 Å². The lowest BCUT2D eigenvalue weighted by Gasteiger charge is -2.27. The fourth-order valence-corrected chi connectivity index (χ4v) is 3.21. The normalized spacial score (nSPS) is 17.5. The van der Waals surface area contributed by atoms with Gasteiger partial charge in [-0.3, -0.25) is 4.98 Å². The number of rotatable bonds is 5. The van der Waals surface area contributed by atoms with E-state index >= 15 is 0 Å². The largest absolute Gasteiger partial charge is 0.497 e. The van der Waals surface area contributed by atoms with Crippen molar-refractivity contribution in [2.75, 3.05) is 26.7 Å². The van der Waals surface area contributed by atoms with E-state index in [2.05, 4.69) is 9.88 Å². The number of pyridine rings is 1. The van der Waals surface area contributed by atoms with Crippen molar-refractivity contribution in [2.24, 2.45) is 0 Å². The average molecular weight is 300 g/mol. The van der Waals surface area contributed by atoms with Crippen molar-refractivity contribution in [3.8, 4) is 5.75 Å². The van der Waals surface area contributed by atoms with Crippen molar-refractivity contribution in [1.29, 1.82) is 0 Å². The van der Waals surface area contributed by atoms with Gasteiger partial charge >= 0.3 is 0 Å². The molecule has 22 heavy (non-hydrogen) atoms. The van der Waals surface area contributed by atoms with Gasteiger partial charge in [0.2, 0.25) is 0 Å². The Hall–Kier alpha value is -1.65. The van der Waals surface area contributed by atoms with Gasteiger partial charge in [0.1, 0.15) is 5.75 Å². The van der Waals surface area contributed by atoms with E-state index in [0.717, 1.165) is 48.3 Å². The second-order valence-electron chi connectivity index (χ2n) is 5.99. The fraction of sp³-hybridized carbons (Fsp3) is 0.500. The zero-order chi connectivity index (χ0) is 15.4. The maximum Gasteiger partial charge on any atom is 0.119 e. The number of ether oxygens (including phenoxy) is 1. The summed E-state index contributed by atoms with van der Waals surface area (Å²) in [5.41, 5.74) is 1.84. The van der Waals surface area contributed by atoms with E-state index < -0.39 is 6.10 Å². The molecule has 1 unspecified atom stereocenters. The van der Waals surface area contributed by atoms with Crippen LogP contribution in [0.4, 0.5) is 0 Å². The number of hydrogen-bond acceptors (Lipinski definition) is 4. The molecule has 0 saturated carbocycles. The summed E-state index contributed by atoms with van der Waals surface area (Å²) in [6, 6.07) is 7.72. The summed E-state index contributed by atoms with van der Waals surface area (Å²) in [5.74, 6) is 0.796. The molecule has 1 N–H and O–H groups in total. The average Bonchev–Trinajstić information content (AvgIpc) is 2.59. The number of aliphatic hydroxyl groups excluding tert-OH is 1. The Balaban J connectivity index is 1.76. The van der Waals surface area contributed by atoms with Crippen molar-refractivity contribution in [3.05, 3.63) is 36.0 Å². The Labute approximate surface area is 131 Å². The van der Waals surface area contributed by atoms with Gasteiger partial charge in [-0.05, 0) is 62.2 Å². The van der Waals surface area contributed by atoms with Crippen molar-refractivity contribution in [3.63, 3.8) is 0 Å². The third kappa shape index (κ3) is 3.39. The van der Waals surface area contributed by atoms with Gasteiger partial charge in [-0.2, -0.15) is 0 Å². The molecule has 1 aliphatic heterocycles. The van der Waals surface area contributed by atoms with Crippen LogP contribution in [0.15, 0.2) is 30.5 Å².